The summed E-state index contributed by atoms with van der Waals surface area (Å²) in [5.41, 5.74) is 0.609. The van der Waals surface area contributed by atoms with E-state index in [1.54, 1.807) is 6.07 Å². The highest BCUT2D eigenvalue weighted by molar-refractivity contribution is 5.82. The molecule has 0 aliphatic heterocycles. The molecule has 1 aromatic heterocycles. The third kappa shape index (κ3) is 2.37. The zero-order valence-corrected chi connectivity index (χ0v) is 11.0. The monoisotopic (exact) mass is 280 g/mol. The van der Waals surface area contributed by atoms with Crippen molar-refractivity contribution in [2.24, 2.45) is 0 Å². The Hall–Kier alpha value is -1.65. The highest BCUT2D eigenvalue weighted by atomic mass is 19.4. The SMILES string of the molecule is FC(F)(F)c1ccc(C2CCCCC2)c2nccnc12. The van der Waals surface area contributed by atoms with Gasteiger partial charge in [-0.05, 0) is 30.4 Å². The summed E-state index contributed by atoms with van der Waals surface area (Å²) in [6, 6.07) is 2.75. The molecule has 0 bridgehead atoms. The fourth-order valence-corrected chi connectivity index (χ4v) is 3.05. The van der Waals surface area contributed by atoms with Crippen LogP contribution in [0.5, 0.6) is 0 Å². The molecule has 2 aromatic rings. The number of hydrogen-bond acceptors (Lipinski definition) is 2. The molecule has 20 heavy (non-hydrogen) atoms. The molecule has 3 rings (SSSR count). The van der Waals surface area contributed by atoms with Crippen molar-refractivity contribution in [1.29, 1.82) is 0 Å². The van der Waals surface area contributed by atoms with Crippen molar-refractivity contribution in [3.8, 4) is 0 Å². The van der Waals surface area contributed by atoms with E-state index in [1.807, 2.05) is 0 Å². The molecular formula is C15H15F3N2. The Morgan fingerprint density at radius 3 is 2.20 bits per heavy atom. The molecule has 1 heterocycles. The minimum atomic E-state index is -4.39. The molecule has 106 valence electrons. The van der Waals surface area contributed by atoms with Crippen molar-refractivity contribution < 1.29 is 13.2 Å². The fourth-order valence-electron chi connectivity index (χ4n) is 3.05. The standard InChI is InChI=1S/C15H15F3N2/c16-15(17,18)12-7-6-11(10-4-2-1-3-5-10)13-14(12)20-9-8-19-13/h6-10H,1-5H2. The summed E-state index contributed by atoms with van der Waals surface area (Å²) in [6.45, 7) is 0. The van der Waals surface area contributed by atoms with Crippen LogP contribution in [0.4, 0.5) is 13.2 Å². The summed E-state index contributed by atoms with van der Waals surface area (Å²) in [5, 5.41) is 0. The molecule has 0 spiro atoms. The van der Waals surface area contributed by atoms with Gasteiger partial charge in [0.05, 0.1) is 11.1 Å². The van der Waals surface area contributed by atoms with E-state index in [0.29, 0.717) is 11.4 Å². The molecule has 1 aromatic carbocycles. The predicted molar refractivity (Wildman–Crippen MR) is 70.4 cm³/mol. The van der Waals surface area contributed by atoms with Crippen LogP contribution in [0.3, 0.4) is 0 Å². The third-order valence-electron chi connectivity index (χ3n) is 4.01. The maximum absolute atomic E-state index is 13.0. The predicted octanol–water partition coefficient (Wildman–Crippen LogP) is 4.70. The first-order valence-electron chi connectivity index (χ1n) is 6.88. The summed E-state index contributed by atoms with van der Waals surface area (Å²) < 4.78 is 39.1. The molecule has 0 radical (unpaired) electrons. The number of hydrogen-bond donors (Lipinski definition) is 0. The Morgan fingerprint density at radius 1 is 0.900 bits per heavy atom. The van der Waals surface area contributed by atoms with Gasteiger partial charge in [-0.25, -0.2) is 0 Å². The van der Waals surface area contributed by atoms with E-state index in [2.05, 4.69) is 9.97 Å². The second kappa shape index (κ2) is 5.04. The van der Waals surface area contributed by atoms with Crippen LogP contribution in [0.15, 0.2) is 24.5 Å². The van der Waals surface area contributed by atoms with Crippen molar-refractivity contribution in [3.63, 3.8) is 0 Å². The van der Waals surface area contributed by atoms with E-state index in [1.165, 1.54) is 18.8 Å². The first-order valence-corrected chi connectivity index (χ1v) is 6.88. The number of fused-ring (bicyclic) bond motifs is 1. The normalized spacial score (nSPS) is 17.6. The molecule has 1 aliphatic carbocycles. The lowest BCUT2D eigenvalue weighted by molar-refractivity contribution is -0.136. The maximum atomic E-state index is 13.0. The van der Waals surface area contributed by atoms with Gasteiger partial charge in [0.2, 0.25) is 0 Å². The van der Waals surface area contributed by atoms with Gasteiger partial charge in [0, 0.05) is 12.4 Å². The second-order valence-corrected chi connectivity index (χ2v) is 5.29. The third-order valence-corrected chi connectivity index (χ3v) is 4.01. The lowest BCUT2D eigenvalue weighted by atomic mass is 9.83. The van der Waals surface area contributed by atoms with Crippen molar-refractivity contribution in [2.45, 2.75) is 44.2 Å². The van der Waals surface area contributed by atoms with Crippen LogP contribution >= 0.6 is 0 Å². The lowest BCUT2D eigenvalue weighted by Gasteiger charge is -2.23. The number of rotatable bonds is 1. The molecule has 0 N–H and O–H groups in total. The number of aromatic nitrogens is 2. The van der Waals surface area contributed by atoms with E-state index in [4.69, 9.17) is 0 Å². The molecule has 0 unspecified atom stereocenters. The zero-order chi connectivity index (χ0) is 14.2. The van der Waals surface area contributed by atoms with Gasteiger partial charge in [-0.3, -0.25) is 9.97 Å². The fraction of sp³-hybridized carbons (Fsp3) is 0.467. The Labute approximate surface area is 115 Å². The van der Waals surface area contributed by atoms with E-state index >= 15 is 0 Å². The van der Waals surface area contributed by atoms with E-state index in [0.717, 1.165) is 37.3 Å². The van der Waals surface area contributed by atoms with Crippen LogP contribution in [-0.2, 0) is 6.18 Å². The lowest BCUT2D eigenvalue weighted by Crippen LogP contribution is -2.10. The van der Waals surface area contributed by atoms with Gasteiger partial charge in [-0.2, -0.15) is 13.2 Å². The average Bonchev–Trinajstić information content (AvgIpc) is 2.46. The van der Waals surface area contributed by atoms with Crippen LogP contribution < -0.4 is 0 Å². The molecule has 5 heteroatoms. The molecule has 0 atom stereocenters. The Bertz CT molecular complexity index is 616. The van der Waals surface area contributed by atoms with Crippen molar-refractivity contribution in [2.75, 3.05) is 0 Å². The highest BCUT2D eigenvalue weighted by Crippen LogP contribution is 2.39. The van der Waals surface area contributed by atoms with Crippen molar-refractivity contribution >= 4 is 11.0 Å². The summed E-state index contributed by atoms with van der Waals surface area (Å²) >= 11 is 0. The van der Waals surface area contributed by atoms with Gasteiger partial charge in [0.25, 0.3) is 0 Å². The van der Waals surface area contributed by atoms with Gasteiger partial charge in [0.15, 0.2) is 0 Å². The maximum Gasteiger partial charge on any atom is 0.418 e. The molecule has 1 fully saturated rings. The Morgan fingerprint density at radius 2 is 1.55 bits per heavy atom. The van der Waals surface area contributed by atoms with Crippen LogP contribution in [0, 0.1) is 0 Å². The van der Waals surface area contributed by atoms with E-state index in [-0.39, 0.29) is 5.52 Å². The largest absolute Gasteiger partial charge is 0.418 e. The Kier molecular flexibility index (Phi) is 3.36. The second-order valence-electron chi connectivity index (χ2n) is 5.29. The number of nitrogens with zero attached hydrogens (tertiary/aromatic N) is 2. The van der Waals surface area contributed by atoms with Crippen molar-refractivity contribution in [1.82, 2.24) is 9.97 Å². The minimum absolute atomic E-state index is 0.0249. The number of alkyl halides is 3. The van der Waals surface area contributed by atoms with Gasteiger partial charge in [0.1, 0.15) is 5.52 Å². The molecule has 0 amide bonds. The topological polar surface area (TPSA) is 25.8 Å². The summed E-state index contributed by atoms with van der Waals surface area (Å²) in [4.78, 5) is 8.09. The highest BCUT2D eigenvalue weighted by Gasteiger charge is 2.34. The van der Waals surface area contributed by atoms with Crippen LogP contribution in [0.2, 0.25) is 0 Å². The first kappa shape index (κ1) is 13.3. The van der Waals surface area contributed by atoms with Crippen molar-refractivity contribution in [3.05, 3.63) is 35.7 Å². The van der Waals surface area contributed by atoms with Gasteiger partial charge in [-0.15, -0.1) is 0 Å². The summed E-state index contributed by atoms with van der Waals surface area (Å²) in [7, 11) is 0. The zero-order valence-electron chi connectivity index (χ0n) is 11.0. The molecule has 1 saturated carbocycles. The molecule has 1 aliphatic rings. The van der Waals surface area contributed by atoms with E-state index in [9.17, 15) is 13.2 Å². The van der Waals surface area contributed by atoms with Gasteiger partial charge < -0.3 is 0 Å². The summed E-state index contributed by atoms with van der Waals surface area (Å²) in [6.07, 6.45) is 3.92. The quantitative estimate of drug-likeness (QED) is 0.757. The molecule has 2 nitrogen and oxygen atoms in total. The molecular weight excluding hydrogens is 265 g/mol. The van der Waals surface area contributed by atoms with Crippen LogP contribution in [-0.4, -0.2) is 9.97 Å². The van der Waals surface area contributed by atoms with E-state index < -0.39 is 11.7 Å². The number of benzene rings is 1. The number of halogens is 3. The Balaban J connectivity index is 2.16. The van der Waals surface area contributed by atoms with Gasteiger partial charge >= 0.3 is 6.18 Å². The molecule has 0 saturated heterocycles. The summed E-state index contributed by atoms with van der Waals surface area (Å²) in [5.74, 6) is 0.310. The van der Waals surface area contributed by atoms with Crippen LogP contribution in [0.1, 0.15) is 49.1 Å². The van der Waals surface area contributed by atoms with Gasteiger partial charge in [-0.1, -0.05) is 25.3 Å². The average molecular weight is 280 g/mol. The first-order chi connectivity index (χ1) is 9.57. The van der Waals surface area contributed by atoms with Crippen LogP contribution in [0.25, 0.3) is 11.0 Å². The minimum Gasteiger partial charge on any atom is -0.253 e. The smallest absolute Gasteiger partial charge is 0.253 e.